The molecule has 62 valence electrons. The Morgan fingerprint density at radius 2 is 1.92 bits per heavy atom. The average Bonchev–Trinajstić information content (AvgIpc) is 2.00. The summed E-state index contributed by atoms with van der Waals surface area (Å²) in [5.41, 5.74) is 2.41. The molecule has 0 radical (unpaired) electrons. The fourth-order valence-electron chi connectivity index (χ4n) is 1.35. The van der Waals surface area contributed by atoms with Gasteiger partial charge in [0.25, 0.3) is 0 Å². The van der Waals surface area contributed by atoms with Crippen LogP contribution in [0.3, 0.4) is 0 Å². The van der Waals surface area contributed by atoms with E-state index < -0.39 is 0 Å². The Hall–Kier alpha value is -1.24. The van der Waals surface area contributed by atoms with Gasteiger partial charge in [-0.1, -0.05) is 29.8 Å². The molecular weight excluding hydrogens is 148 g/mol. The number of aromatic hydroxyl groups is 1. The van der Waals surface area contributed by atoms with Gasteiger partial charge in [-0.3, -0.25) is 0 Å². The number of rotatable bonds is 1. The van der Waals surface area contributed by atoms with Gasteiger partial charge in [-0.05, 0) is 25.3 Å². The maximum Gasteiger partial charge on any atom is 0.122 e. The molecule has 1 nitrogen and oxygen atoms in total. The molecule has 1 aliphatic rings. The van der Waals surface area contributed by atoms with Gasteiger partial charge in [0.15, 0.2) is 0 Å². The lowest BCUT2D eigenvalue weighted by atomic mass is 9.90. The zero-order valence-corrected chi connectivity index (χ0v) is 6.96. The Morgan fingerprint density at radius 3 is 2.50 bits per heavy atom. The first-order chi connectivity index (χ1) is 5.86. The summed E-state index contributed by atoms with van der Waals surface area (Å²) >= 11 is 0. The summed E-state index contributed by atoms with van der Waals surface area (Å²) in [7, 11) is 0. The number of para-hydroxylation sites is 1. The Morgan fingerprint density at radius 1 is 1.17 bits per heavy atom. The molecule has 12 heavy (non-hydrogen) atoms. The summed E-state index contributed by atoms with van der Waals surface area (Å²) in [6.45, 7) is 0. The summed E-state index contributed by atoms with van der Waals surface area (Å²) in [5, 5.41) is 9.43. The molecule has 0 amide bonds. The van der Waals surface area contributed by atoms with Crippen molar-refractivity contribution < 1.29 is 5.11 Å². The normalized spacial score (nSPS) is 15.5. The second-order valence-corrected chi connectivity index (χ2v) is 3.21. The second kappa shape index (κ2) is 3.02. The molecule has 0 bridgehead atoms. The van der Waals surface area contributed by atoms with Crippen LogP contribution in [0.2, 0.25) is 0 Å². The number of hydrogen-bond acceptors (Lipinski definition) is 1. The van der Waals surface area contributed by atoms with Crippen LogP contribution in [0.15, 0.2) is 29.8 Å². The van der Waals surface area contributed by atoms with Gasteiger partial charge in [-0.15, -0.1) is 0 Å². The van der Waals surface area contributed by atoms with Gasteiger partial charge in [-0.2, -0.15) is 0 Å². The molecule has 0 spiro atoms. The third kappa shape index (κ3) is 1.35. The van der Waals surface area contributed by atoms with Crippen LogP contribution >= 0.6 is 0 Å². The van der Waals surface area contributed by atoms with Gasteiger partial charge in [0.2, 0.25) is 0 Å². The van der Waals surface area contributed by atoms with Crippen LogP contribution in [-0.4, -0.2) is 5.11 Å². The van der Waals surface area contributed by atoms with E-state index in [1.165, 1.54) is 24.8 Å². The van der Waals surface area contributed by atoms with E-state index in [1.54, 1.807) is 6.07 Å². The minimum Gasteiger partial charge on any atom is -0.507 e. The van der Waals surface area contributed by atoms with E-state index >= 15 is 0 Å². The van der Waals surface area contributed by atoms with Crippen LogP contribution in [0.5, 0.6) is 5.75 Å². The molecule has 1 N–H and O–H groups in total. The quantitative estimate of drug-likeness (QED) is 0.669. The minimum absolute atomic E-state index is 0.386. The van der Waals surface area contributed by atoms with E-state index in [9.17, 15) is 5.11 Å². The summed E-state index contributed by atoms with van der Waals surface area (Å²) in [6.07, 6.45) is 5.81. The maximum atomic E-state index is 9.43. The van der Waals surface area contributed by atoms with Crippen molar-refractivity contribution in [2.75, 3.05) is 0 Å². The van der Waals surface area contributed by atoms with Crippen molar-refractivity contribution in [3.05, 3.63) is 35.4 Å². The van der Waals surface area contributed by atoms with Crippen molar-refractivity contribution in [1.82, 2.24) is 0 Å². The molecule has 0 heterocycles. The SMILES string of the molecule is Oc1ccccc1C=C1CCC1. The summed E-state index contributed by atoms with van der Waals surface area (Å²) in [4.78, 5) is 0. The molecule has 1 aliphatic carbocycles. The van der Waals surface area contributed by atoms with Crippen molar-refractivity contribution in [2.24, 2.45) is 0 Å². The van der Waals surface area contributed by atoms with E-state index in [0.717, 1.165) is 5.56 Å². The number of hydrogen-bond donors (Lipinski definition) is 1. The number of phenolic OH excluding ortho intramolecular Hbond substituents is 1. The van der Waals surface area contributed by atoms with Crippen LogP contribution < -0.4 is 0 Å². The van der Waals surface area contributed by atoms with Crippen molar-refractivity contribution in [3.63, 3.8) is 0 Å². The molecule has 1 aromatic rings. The first kappa shape index (κ1) is 7.41. The lowest BCUT2D eigenvalue weighted by molar-refractivity contribution is 0.474. The van der Waals surface area contributed by atoms with Gasteiger partial charge in [-0.25, -0.2) is 0 Å². The maximum absolute atomic E-state index is 9.43. The van der Waals surface area contributed by atoms with Crippen molar-refractivity contribution >= 4 is 6.08 Å². The fraction of sp³-hybridized carbons (Fsp3) is 0.273. The molecule has 0 aromatic heterocycles. The number of allylic oxidation sites excluding steroid dienone is 1. The third-order valence-electron chi connectivity index (χ3n) is 2.29. The van der Waals surface area contributed by atoms with E-state index in [-0.39, 0.29) is 0 Å². The molecule has 0 unspecified atom stereocenters. The highest BCUT2D eigenvalue weighted by Crippen LogP contribution is 2.29. The van der Waals surface area contributed by atoms with Gasteiger partial charge in [0, 0.05) is 5.56 Å². The second-order valence-electron chi connectivity index (χ2n) is 3.21. The Bertz CT molecular complexity index is 307. The first-order valence-electron chi connectivity index (χ1n) is 4.34. The predicted molar refractivity (Wildman–Crippen MR) is 49.9 cm³/mol. The molecule has 1 fully saturated rings. The fourth-order valence-corrected chi connectivity index (χ4v) is 1.35. The van der Waals surface area contributed by atoms with Gasteiger partial charge in [0.05, 0.1) is 0 Å². The van der Waals surface area contributed by atoms with E-state index in [2.05, 4.69) is 6.08 Å². The number of benzene rings is 1. The lowest BCUT2D eigenvalue weighted by Crippen LogP contribution is -1.95. The average molecular weight is 160 g/mol. The highest BCUT2D eigenvalue weighted by Gasteiger charge is 2.08. The van der Waals surface area contributed by atoms with Gasteiger partial charge < -0.3 is 5.11 Å². The predicted octanol–water partition coefficient (Wildman–Crippen LogP) is 2.96. The molecule has 0 saturated heterocycles. The van der Waals surface area contributed by atoms with Crippen molar-refractivity contribution in [2.45, 2.75) is 19.3 Å². The van der Waals surface area contributed by atoms with Crippen LogP contribution in [-0.2, 0) is 0 Å². The Kier molecular flexibility index (Phi) is 1.86. The smallest absolute Gasteiger partial charge is 0.122 e. The summed E-state index contributed by atoms with van der Waals surface area (Å²) < 4.78 is 0. The molecule has 1 saturated carbocycles. The number of phenols is 1. The van der Waals surface area contributed by atoms with Gasteiger partial charge in [0.1, 0.15) is 5.75 Å². The molecule has 0 atom stereocenters. The largest absolute Gasteiger partial charge is 0.507 e. The van der Waals surface area contributed by atoms with Crippen molar-refractivity contribution in [3.8, 4) is 5.75 Å². The molecule has 1 aromatic carbocycles. The Balaban J connectivity index is 2.27. The van der Waals surface area contributed by atoms with Crippen molar-refractivity contribution in [1.29, 1.82) is 0 Å². The standard InChI is InChI=1S/C11H12O/c12-11-7-2-1-6-10(11)8-9-4-3-5-9/h1-2,6-8,12H,3-5H2. The monoisotopic (exact) mass is 160 g/mol. The zero-order valence-electron chi connectivity index (χ0n) is 6.96. The topological polar surface area (TPSA) is 20.2 Å². The molecular formula is C11H12O. The highest BCUT2D eigenvalue weighted by molar-refractivity contribution is 5.59. The van der Waals surface area contributed by atoms with Crippen LogP contribution in [0.4, 0.5) is 0 Å². The van der Waals surface area contributed by atoms with E-state index in [4.69, 9.17) is 0 Å². The summed E-state index contributed by atoms with van der Waals surface area (Å²) in [6, 6.07) is 7.47. The molecule has 2 rings (SSSR count). The molecule has 0 aliphatic heterocycles. The third-order valence-corrected chi connectivity index (χ3v) is 2.29. The Labute approximate surface area is 72.4 Å². The van der Waals surface area contributed by atoms with Crippen LogP contribution in [0, 0.1) is 0 Å². The zero-order chi connectivity index (χ0) is 8.39. The van der Waals surface area contributed by atoms with E-state index in [1.807, 2.05) is 18.2 Å². The van der Waals surface area contributed by atoms with E-state index in [0.29, 0.717) is 5.75 Å². The molecule has 1 heteroatoms. The first-order valence-corrected chi connectivity index (χ1v) is 4.34. The van der Waals surface area contributed by atoms with Crippen LogP contribution in [0.25, 0.3) is 6.08 Å². The minimum atomic E-state index is 0.386. The summed E-state index contributed by atoms with van der Waals surface area (Å²) in [5.74, 6) is 0.386. The lowest BCUT2D eigenvalue weighted by Gasteiger charge is -2.16. The van der Waals surface area contributed by atoms with Crippen LogP contribution in [0.1, 0.15) is 24.8 Å². The highest BCUT2D eigenvalue weighted by atomic mass is 16.3. The van der Waals surface area contributed by atoms with Gasteiger partial charge >= 0.3 is 0 Å².